The molecule has 2 aromatic rings. The Bertz CT molecular complexity index is 525. The molecule has 0 aliphatic heterocycles. The summed E-state index contributed by atoms with van der Waals surface area (Å²) < 4.78 is 23.5. The lowest BCUT2D eigenvalue weighted by atomic mass is 10.2. The van der Waals surface area contributed by atoms with E-state index in [1.807, 2.05) is 13.8 Å². The van der Waals surface area contributed by atoms with E-state index in [4.69, 9.17) is 9.26 Å². The number of nitrogens with zero attached hydrogens (tertiary/aromatic N) is 2. The minimum atomic E-state index is -0.326. The predicted molar refractivity (Wildman–Crippen MR) is 63.8 cm³/mol. The molecular formula is C13H15FN2O2. The maximum absolute atomic E-state index is 13.0. The maximum atomic E-state index is 13.0. The normalized spacial score (nSPS) is 10.6. The highest BCUT2D eigenvalue weighted by Gasteiger charge is 2.08. The Labute approximate surface area is 105 Å². The SMILES string of the molecule is CCCc1noc(COc2cc(F)ccc2C)n1. The van der Waals surface area contributed by atoms with Crippen molar-refractivity contribution in [3.05, 3.63) is 41.3 Å². The molecular weight excluding hydrogens is 235 g/mol. The Morgan fingerprint density at radius 1 is 1.39 bits per heavy atom. The zero-order valence-electron chi connectivity index (χ0n) is 10.4. The Kier molecular flexibility index (Phi) is 3.92. The van der Waals surface area contributed by atoms with Gasteiger partial charge in [0.15, 0.2) is 12.4 Å². The van der Waals surface area contributed by atoms with Gasteiger partial charge in [0, 0.05) is 12.5 Å². The molecule has 0 aliphatic rings. The van der Waals surface area contributed by atoms with Crippen LogP contribution in [0.4, 0.5) is 4.39 Å². The standard InChI is InChI=1S/C13H15FN2O2/c1-3-4-12-15-13(18-16-12)8-17-11-7-10(14)6-5-9(11)2/h5-7H,3-4,8H2,1-2H3. The molecule has 2 rings (SSSR count). The third kappa shape index (κ3) is 3.06. The fourth-order valence-corrected chi connectivity index (χ4v) is 1.54. The molecule has 0 unspecified atom stereocenters. The van der Waals surface area contributed by atoms with Crippen LogP contribution in [0.25, 0.3) is 0 Å². The van der Waals surface area contributed by atoms with Gasteiger partial charge < -0.3 is 9.26 Å². The van der Waals surface area contributed by atoms with Crippen LogP contribution in [0, 0.1) is 12.7 Å². The van der Waals surface area contributed by atoms with Gasteiger partial charge in [-0.15, -0.1) is 0 Å². The molecule has 0 amide bonds. The monoisotopic (exact) mass is 250 g/mol. The van der Waals surface area contributed by atoms with Crippen molar-refractivity contribution in [3.8, 4) is 5.75 Å². The van der Waals surface area contributed by atoms with Gasteiger partial charge in [-0.05, 0) is 25.0 Å². The number of hydrogen-bond donors (Lipinski definition) is 0. The van der Waals surface area contributed by atoms with Gasteiger partial charge in [-0.2, -0.15) is 4.98 Å². The molecule has 0 N–H and O–H groups in total. The number of aromatic nitrogens is 2. The van der Waals surface area contributed by atoms with Crippen LogP contribution in [0.2, 0.25) is 0 Å². The molecule has 0 bridgehead atoms. The quantitative estimate of drug-likeness (QED) is 0.818. The van der Waals surface area contributed by atoms with Crippen molar-refractivity contribution in [1.82, 2.24) is 10.1 Å². The molecule has 0 saturated heterocycles. The Morgan fingerprint density at radius 2 is 2.22 bits per heavy atom. The summed E-state index contributed by atoms with van der Waals surface area (Å²) in [7, 11) is 0. The van der Waals surface area contributed by atoms with Gasteiger partial charge in [0.25, 0.3) is 5.89 Å². The molecule has 1 aromatic heterocycles. The molecule has 0 atom stereocenters. The number of hydrogen-bond acceptors (Lipinski definition) is 4. The molecule has 0 saturated carbocycles. The summed E-state index contributed by atoms with van der Waals surface area (Å²) in [6.45, 7) is 4.05. The highest BCUT2D eigenvalue weighted by molar-refractivity contribution is 5.32. The fourth-order valence-electron chi connectivity index (χ4n) is 1.54. The van der Waals surface area contributed by atoms with E-state index in [0.29, 0.717) is 17.5 Å². The molecule has 96 valence electrons. The van der Waals surface area contributed by atoms with Crippen molar-refractivity contribution in [3.63, 3.8) is 0 Å². The van der Waals surface area contributed by atoms with Crippen LogP contribution in [0.5, 0.6) is 5.75 Å². The first-order valence-corrected chi connectivity index (χ1v) is 5.89. The highest BCUT2D eigenvalue weighted by Crippen LogP contribution is 2.19. The Balaban J connectivity index is 1.99. The van der Waals surface area contributed by atoms with Gasteiger partial charge in [-0.3, -0.25) is 0 Å². The molecule has 0 radical (unpaired) electrons. The summed E-state index contributed by atoms with van der Waals surface area (Å²) in [6.07, 6.45) is 1.74. The largest absolute Gasteiger partial charge is 0.483 e. The first kappa shape index (κ1) is 12.5. The number of aryl methyl sites for hydroxylation is 2. The third-order valence-electron chi connectivity index (χ3n) is 2.49. The van der Waals surface area contributed by atoms with E-state index in [2.05, 4.69) is 10.1 Å². The molecule has 4 nitrogen and oxygen atoms in total. The second kappa shape index (κ2) is 5.62. The topological polar surface area (TPSA) is 48.2 Å². The van der Waals surface area contributed by atoms with E-state index in [1.165, 1.54) is 12.1 Å². The van der Waals surface area contributed by atoms with Gasteiger partial charge in [-0.1, -0.05) is 18.1 Å². The summed E-state index contributed by atoms with van der Waals surface area (Å²) in [5.41, 5.74) is 0.865. The van der Waals surface area contributed by atoms with E-state index in [1.54, 1.807) is 6.07 Å². The molecule has 18 heavy (non-hydrogen) atoms. The van der Waals surface area contributed by atoms with E-state index < -0.39 is 0 Å². The van der Waals surface area contributed by atoms with Crippen molar-refractivity contribution in [2.75, 3.05) is 0 Å². The molecule has 1 heterocycles. The van der Waals surface area contributed by atoms with Gasteiger partial charge >= 0.3 is 0 Å². The number of benzene rings is 1. The van der Waals surface area contributed by atoms with E-state index in [0.717, 1.165) is 18.4 Å². The Morgan fingerprint density at radius 3 is 3.00 bits per heavy atom. The lowest BCUT2D eigenvalue weighted by Crippen LogP contribution is -1.98. The first-order chi connectivity index (χ1) is 8.69. The van der Waals surface area contributed by atoms with Crippen molar-refractivity contribution < 1.29 is 13.7 Å². The van der Waals surface area contributed by atoms with Crippen molar-refractivity contribution in [1.29, 1.82) is 0 Å². The summed E-state index contributed by atoms with van der Waals surface area (Å²) in [6, 6.07) is 4.41. The maximum Gasteiger partial charge on any atom is 0.264 e. The molecule has 5 heteroatoms. The van der Waals surface area contributed by atoms with E-state index >= 15 is 0 Å². The fraction of sp³-hybridized carbons (Fsp3) is 0.385. The second-order valence-corrected chi connectivity index (χ2v) is 4.05. The predicted octanol–water partition coefficient (Wildman–Crippen LogP) is 3.05. The minimum Gasteiger partial charge on any atom is -0.483 e. The summed E-state index contributed by atoms with van der Waals surface area (Å²) >= 11 is 0. The van der Waals surface area contributed by atoms with Gasteiger partial charge in [0.2, 0.25) is 0 Å². The smallest absolute Gasteiger partial charge is 0.264 e. The number of ether oxygens (including phenoxy) is 1. The summed E-state index contributed by atoms with van der Waals surface area (Å²) in [5.74, 6) is 1.24. The number of halogens is 1. The zero-order valence-corrected chi connectivity index (χ0v) is 10.4. The molecule has 0 fully saturated rings. The third-order valence-corrected chi connectivity index (χ3v) is 2.49. The van der Waals surface area contributed by atoms with Crippen LogP contribution >= 0.6 is 0 Å². The van der Waals surface area contributed by atoms with Gasteiger partial charge in [0.1, 0.15) is 11.6 Å². The van der Waals surface area contributed by atoms with Crippen molar-refractivity contribution in [2.24, 2.45) is 0 Å². The Hall–Kier alpha value is -1.91. The molecule has 1 aromatic carbocycles. The molecule has 0 aliphatic carbocycles. The lowest BCUT2D eigenvalue weighted by Gasteiger charge is -2.06. The average Bonchev–Trinajstić information content (AvgIpc) is 2.79. The van der Waals surface area contributed by atoms with Crippen LogP contribution in [0.3, 0.4) is 0 Å². The van der Waals surface area contributed by atoms with Crippen LogP contribution in [-0.4, -0.2) is 10.1 Å². The highest BCUT2D eigenvalue weighted by atomic mass is 19.1. The van der Waals surface area contributed by atoms with Crippen molar-refractivity contribution in [2.45, 2.75) is 33.3 Å². The number of rotatable bonds is 5. The van der Waals surface area contributed by atoms with Crippen LogP contribution in [0.1, 0.15) is 30.6 Å². The lowest BCUT2D eigenvalue weighted by molar-refractivity contribution is 0.240. The summed E-state index contributed by atoms with van der Waals surface area (Å²) in [4.78, 5) is 4.17. The first-order valence-electron chi connectivity index (χ1n) is 5.89. The summed E-state index contributed by atoms with van der Waals surface area (Å²) in [5, 5.41) is 3.82. The van der Waals surface area contributed by atoms with E-state index in [-0.39, 0.29) is 12.4 Å². The van der Waals surface area contributed by atoms with Crippen LogP contribution < -0.4 is 4.74 Å². The van der Waals surface area contributed by atoms with Crippen LogP contribution in [-0.2, 0) is 13.0 Å². The second-order valence-electron chi connectivity index (χ2n) is 4.05. The van der Waals surface area contributed by atoms with Gasteiger partial charge in [0.05, 0.1) is 0 Å². The molecule has 0 spiro atoms. The zero-order chi connectivity index (χ0) is 13.0. The van der Waals surface area contributed by atoms with Gasteiger partial charge in [-0.25, -0.2) is 4.39 Å². The van der Waals surface area contributed by atoms with Crippen LogP contribution in [0.15, 0.2) is 22.7 Å². The van der Waals surface area contributed by atoms with E-state index in [9.17, 15) is 4.39 Å². The average molecular weight is 250 g/mol. The van der Waals surface area contributed by atoms with Crippen molar-refractivity contribution >= 4 is 0 Å². The minimum absolute atomic E-state index is 0.154.